The summed E-state index contributed by atoms with van der Waals surface area (Å²) in [5.41, 5.74) is 0.846. The van der Waals surface area contributed by atoms with Gasteiger partial charge >= 0.3 is 12.1 Å². The number of fused-ring (bicyclic) bond motifs is 1. The number of esters is 1. The summed E-state index contributed by atoms with van der Waals surface area (Å²) in [5.74, 6) is -0.691. The first-order valence-corrected chi connectivity index (χ1v) is 6.49. The third-order valence-corrected chi connectivity index (χ3v) is 3.57. The molecule has 1 atom stereocenters. The molecule has 0 saturated carbocycles. The number of aromatic nitrogens is 2. The van der Waals surface area contributed by atoms with Gasteiger partial charge in [-0.3, -0.25) is 4.68 Å². The van der Waals surface area contributed by atoms with Gasteiger partial charge in [0, 0.05) is 18.2 Å². The van der Waals surface area contributed by atoms with Gasteiger partial charge in [-0.25, -0.2) is 10.1 Å². The molecule has 0 aromatic carbocycles. The molecular formula is C12H13BF3N3O2. The number of carbonyl (C=O) groups is 1. The Labute approximate surface area is 119 Å². The van der Waals surface area contributed by atoms with Crippen LogP contribution < -0.4 is 0 Å². The third-order valence-electron chi connectivity index (χ3n) is 3.57. The van der Waals surface area contributed by atoms with Crippen molar-refractivity contribution in [3.8, 4) is 5.97 Å². The highest BCUT2D eigenvalue weighted by molar-refractivity contribution is 6.68. The van der Waals surface area contributed by atoms with E-state index in [4.69, 9.17) is 10.00 Å². The van der Waals surface area contributed by atoms with Crippen molar-refractivity contribution < 1.29 is 22.7 Å². The topological polar surface area (TPSA) is 67.9 Å². The minimum atomic E-state index is -4.47. The van der Waals surface area contributed by atoms with Crippen LogP contribution in [0.4, 0.5) is 13.2 Å². The molecule has 2 heterocycles. The molecule has 0 N–H and O–H groups in total. The van der Waals surface area contributed by atoms with Crippen LogP contribution in [-0.2, 0) is 17.6 Å². The minimum absolute atomic E-state index is 0.157. The van der Waals surface area contributed by atoms with Gasteiger partial charge in [0.1, 0.15) is 5.56 Å². The molecule has 0 bridgehead atoms. The van der Waals surface area contributed by atoms with E-state index in [9.17, 15) is 18.0 Å². The van der Waals surface area contributed by atoms with Crippen molar-refractivity contribution in [2.24, 2.45) is 0 Å². The fourth-order valence-corrected chi connectivity index (χ4v) is 2.59. The van der Waals surface area contributed by atoms with Crippen LogP contribution in [0.25, 0.3) is 0 Å². The molecule has 0 amide bonds. The van der Waals surface area contributed by atoms with E-state index in [0.29, 0.717) is 11.4 Å². The smallest absolute Gasteiger partial charge is 0.388 e. The van der Waals surface area contributed by atoms with Crippen molar-refractivity contribution in [1.82, 2.24) is 9.78 Å². The van der Waals surface area contributed by atoms with Crippen LogP contribution in [0.2, 0.25) is 5.82 Å². The van der Waals surface area contributed by atoms with Crippen molar-refractivity contribution in [2.45, 2.75) is 38.7 Å². The standard InChI is InChI=1S/C12H13BF3N3O2/c1-3-21-11(20)10-7(2)18-19-5-9(12(14,15)16)13(6-17)4-8(10)19/h9H,3-5H2,1-2H3. The van der Waals surface area contributed by atoms with E-state index in [2.05, 4.69) is 5.10 Å². The summed E-state index contributed by atoms with van der Waals surface area (Å²) in [7, 11) is 0. The molecule has 1 aliphatic heterocycles. The molecule has 21 heavy (non-hydrogen) atoms. The molecule has 1 aromatic heterocycles. The second-order valence-electron chi connectivity index (χ2n) is 4.90. The van der Waals surface area contributed by atoms with Crippen LogP contribution in [-0.4, -0.2) is 35.2 Å². The largest absolute Gasteiger partial charge is 0.462 e. The first-order chi connectivity index (χ1) is 9.79. The van der Waals surface area contributed by atoms with E-state index < -0.39 is 31.2 Å². The van der Waals surface area contributed by atoms with Crippen LogP contribution in [0.15, 0.2) is 0 Å². The second-order valence-corrected chi connectivity index (χ2v) is 4.90. The molecule has 1 unspecified atom stereocenters. The maximum Gasteiger partial charge on any atom is 0.388 e. The Morgan fingerprint density at radius 1 is 1.62 bits per heavy atom. The van der Waals surface area contributed by atoms with Crippen LogP contribution in [0.1, 0.15) is 28.7 Å². The van der Waals surface area contributed by atoms with Gasteiger partial charge in [0.2, 0.25) is 0 Å². The van der Waals surface area contributed by atoms with Crippen LogP contribution in [0, 0.1) is 18.2 Å². The molecule has 0 fully saturated rings. The molecule has 1 aromatic rings. The SMILES string of the molecule is CCOC(=O)c1c(C)nn2c1CB(C#N)C(C(F)(F)F)C2. The van der Waals surface area contributed by atoms with E-state index in [-0.39, 0.29) is 18.5 Å². The Kier molecular flexibility index (Phi) is 3.98. The zero-order valence-electron chi connectivity index (χ0n) is 11.6. The monoisotopic (exact) mass is 299 g/mol. The Balaban J connectivity index is 2.43. The van der Waals surface area contributed by atoms with Crippen LogP contribution in [0.5, 0.6) is 0 Å². The Morgan fingerprint density at radius 3 is 2.81 bits per heavy atom. The number of rotatable bonds is 2. The highest BCUT2D eigenvalue weighted by Crippen LogP contribution is 2.39. The maximum absolute atomic E-state index is 13.0. The summed E-state index contributed by atoms with van der Waals surface area (Å²) >= 11 is 0. The molecule has 9 heteroatoms. The average molecular weight is 299 g/mol. The number of aryl methyl sites for hydroxylation is 1. The molecular weight excluding hydrogens is 286 g/mol. The third kappa shape index (κ3) is 2.75. The molecule has 1 aliphatic rings. The lowest BCUT2D eigenvalue weighted by molar-refractivity contribution is -0.138. The number of hydrogen-bond acceptors (Lipinski definition) is 4. The summed E-state index contributed by atoms with van der Waals surface area (Å²) in [4.78, 5) is 11.9. The summed E-state index contributed by atoms with van der Waals surface area (Å²) in [6.07, 6.45) is -4.63. The maximum atomic E-state index is 13.0. The van der Waals surface area contributed by atoms with Gasteiger partial charge in [-0.2, -0.15) is 18.3 Å². The highest BCUT2D eigenvalue weighted by atomic mass is 19.4. The first kappa shape index (κ1) is 15.4. The molecule has 112 valence electrons. The lowest BCUT2D eigenvalue weighted by atomic mass is 9.38. The summed E-state index contributed by atoms with van der Waals surface area (Å²) < 4.78 is 45.0. The average Bonchev–Trinajstić information content (AvgIpc) is 2.71. The summed E-state index contributed by atoms with van der Waals surface area (Å²) in [6, 6.07) is 0. The number of halogens is 3. The number of nitriles is 1. The van der Waals surface area contributed by atoms with Gasteiger partial charge in [-0.1, -0.05) is 0 Å². The zero-order chi connectivity index (χ0) is 15.8. The van der Waals surface area contributed by atoms with Gasteiger partial charge in [0.15, 0.2) is 0 Å². The zero-order valence-corrected chi connectivity index (χ0v) is 11.6. The molecule has 2 rings (SSSR count). The predicted octanol–water partition coefficient (Wildman–Crippen LogP) is 1.95. The van der Waals surface area contributed by atoms with Crippen LogP contribution in [0.3, 0.4) is 0 Å². The van der Waals surface area contributed by atoms with Gasteiger partial charge < -0.3 is 4.74 Å². The number of nitrogens with zero attached hydrogens (tertiary/aromatic N) is 3. The lowest BCUT2D eigenvalue weighted by Crippen LogP contribution is -2.41. The van der Waals surface area contributed by atoms with Crippen molar-refractivity contribution in [3.63, 3.8) is 0 Å². The van der Waals surface area contributed by atoms with Gasteiger partial charge in [-0.15, -0.1) is 0 Å². The fraction of sp³-hybridized carbons (Fsp3) is 0.583. The molecule has 0 saturated heterocycles. The van der Waals surface area contributed by atoms with E-state index in [1.165, 1.54) is 4.68 Å². The normalized spacial score (nSPS) is 18.1. The number of hydrogen-bond donors (Lipinski definition) is 0. The predicted molar refractivity (Wildman–Crippen MR) is 67.8 cm³/mol. The highest BCUT2D eigenvalue weighted by Gasteiger charge is 2.50. The number of carbonyl (C=O) groups excluding carboxylic acids is 1. The van der Waals surface area contributed by atoms with Crippen molar-refractivity contribution in [3.05, 3.63) is 17.0 Å². The van der Waals surface area contributed by atoms with Crippen molar-refractivity contribution in [1.29, 1.82) is 5.26 Å². The Bertz CT molecular complexity index is 606. The number of alkyl halides is 3. The van der Waals surface area contributed by atoms with Gasteiger partial charge in [0.05, 0.1) is 18.1 Å². The quantitative estimate of drug-likeness (QED) is 0.618. The van der Waals surface area contributed by atoms with Crippen molar-refractivity contribution >= 4 is 12.7 Å². The summed E-state index contributed by atoms with van der Waals surface area (Å²) in [6.45, 7) is 1.68. The Hall–Kier alpha value is -1.98. The molecule has 0 spiro atoms. The van der Waals surface area contributed by atoms with E-state index in [0.717, 1.165) is 0 Å². The first-order valence-electron chi connectivity index (χ1n) is 6.49. The molecule has 5 nitrogen and oxygen atoms in total. The lowest BCUT2D eigenvalue weighted by Gasteiger charge is -2.27. The van der Waals surface area contributed by atoms with E-state index >= 15 is 0 Å². The van der Waals surface area contributed by atoms with Crippen LogP contribution >= 0.6 is 0 Å². The summed E-state index contributed by atoms with van der Waals surface area (Å²) in [5, 5.41) is 13.0. The minimum Gasteiger partial charge on any atom is -0.462 e. The molecule has 0 aliphatic carbocycles. The van der Waals surface area contributed by atoms with Crippen molar-refractivity contribution in [2.75, 3.05) is 6.61 Å². The fourth-order valence-electron chi connectivity index (χ4n) is 2.59. The van der Waals surface area contributed by atoms with Gasteiger partial charge in [0.25, 0.3) is 6.71 Å². The van der Waals surface area contributed by atoms with E-state index in [1.54, 1.807) is 19.8 Å². The van der Waals surface area contributed by atoms with E-state index in [1.807, 2.05) is 0 Å². The van der Waals surface area contributed by atoms with Gasteiger partial charge in [-0.05, 0) is 20.2 Å². The molecule has 0 radical (unpaired) electrons. The second kappa shape index (κ2) is 5.43. The Morgan fingerprint density at radius 2 is 2.29 bits per heavy atom. The number of ether oxygens (including phenoxy) is 1.